The number of benzene rings is 2. The van der Waals surface area contributed by atoms with Gasteiger partial charge < -0.3 is 4.74 Å². The normalized spacial score (nSPS) is 15.9. The number of hydrogen-bond donors (Lipinski definition) is 0. The Kier molecular flexibility index (Phi) is 5.96. The molecule has 7 heteroatoms. The SMILES string of the molecule is CC(=O)c1cccc(OC(=O)c2ccc(S(=O)(=O)N3CCC(C)CC3)cc2)c1. The van der Waals surface area contributed by atoms with E-state index in [9.17, 15) is 18.0 Å². The molecule has 2 aromatic rings. The highest BCUT2D eigenvalue weighted by Gasteiger charge is 2.28. The summed E-state index contributed by atoms with van der Waals surface area (Å²) in [4.78, 5) is 23.9. The van der Waals surface area contributed by atoms with E-state index < -0.39 is 16.0 Å². The van der Waals surface area contributed by atoms with Gasteiger partial charge in [-0.3, -0.25) is 4.79 Å². The molecule has 0 aliphatic carbocycles. The molecular weight excluding hydrogens is 378 g/mol. The Morgan fingerprint density at radius 1 is 1.00 bits per heavy atom. The summed E-state index contributed by atoms with van der Waals surface area (Å²) in [5.41, 5.74) is 0.682. The van der Waals surface area contributed by atoms with Crippen molar-refractivity contribution >= 4 is 21.8 Å². The minimum absolute atomic E-state index is 0.125. The second-order valence-electron chi connectivity index (χ2n) is 7.08. The van der Waals surface area contributed by atoms with Crippen molar-refractivity contribution in [2.45, 2.75) is 31.6 Å². The van der Waals surface area contributed by atoms with Crippen LogP contribution in [0.3, 0.4) is 0 Å². The molecule has 0 atom stereocenters. The second kappa shape index (κ2) is 8.24. The zero-order valence-electron chi connectivity index (χ0n) is 15.9. The van der Waals surface area contributed by atoms with Gasteiger partial charge in [0.15, 0.2) is 5.78 Å². The Hall–Kier alpha value is -2.51. The summed E-state index contributed by atoms with van der Waals surface area (Å²) in [5.74, 6) is 0.0537. The molecule has 1 saturated heterocycles. The maximum Gasteiger partial charge on any atom is 0.343 e. The van der Waals surface area contributed by atoms with Crippen molar-refractivity contribution in [1.29, 1.82) is 0 Å². The quantitative estimate of drug-likeness (QED) is 0.435. The number of sulfonamides is 1. The lowest BCUT2D eigenvalue weighted by atomic mass is 10.0. The molecule has 6 nitrogen and oxygen atoms in total. The van der Waals surface area contributed by atoms with E-state index in [4.69, 9.17) is 4.74 Å². The van der Waals surface area contributed by atoms with Crippen LogP contribution in [0.15, 0.2) is 53.4 Å². The number of hydrogen-bond acceptors (Lipinski definition) is 5. The summed E-state index contributed by atoms with van der Waals surface area (Å²) in [6.07, 6.45) is 1.70. The van der Waals surface area contributed by atoms with Crippen molar-refractivity contribution in [3.63, 3.8) is 0 Å². The third-order valence-corrected chi connectivity index (χ3v) is 6.83. The van der Waals surface area contributed by atoms with Gasteiger partial charge in [-0.15, -0.1) is 0 Å². The lowest BCUT2D eigenvalue weighted by Crippen LogP contribution is -2.37. The van der Waals surface area contributed by atoms with E-state index in [2.05, 4.69) is 6.92 Å². The number of carbonyl (C=O) groups is 2. The van der Waals surface area contributed by atoms with E-state index in [0.29, 0.717) is 24.6 Å². The lowest BCUT2D eigenvalue weighted by molar-refractivity contribution is 0.0733. The highest BCUT2D eigenvalue weighted by molar-refractivity contribution is 7.89. The number of nitrogens with zero attached hydrogens (tertiary/aromatic N) is 1. The highest BCUT2D eigenvalue weighted by atomic mass is 32.2. The largest absolute Gasteiger partial charge is 0.423 e. The van der Waals surface area contributed by atoms with Gasteiger partial charge in [-0.05, 0) is 62.1 Å². The third-order valence-electron chi connectivity index (χ3n) is 4.92. The van der Waals surface area contributed by atoms with Crippen LogP contribution >= 0.6 is 0 Å². The summed E-state index contributed by atoms with van der Waals surface area (Å²) >= 11 is 0. The first-order valence-corrected chi connectivity index (χ1v) is 10.6. The summed E-state index contributed by atoms with van der Waals surface area (Å²) in [6, 6.07) is 12.1. The summed E-state index contributed by atoms with van der Waals surface area (Å²) < 4.78 is 32.3. The van der Waals surface area contributed by atoms with Crippen LogP contribution in [0.5, 0.6) is 5.75 Å². The van der Waals surface area contributed by atoms with E-state index in [1.54, 1.807) is 18.2 Å². The minimum atomic E-state index is -3.56. The van der Waals surface area contributed by atoms with E-state index in [0.717, 1.165) is 12.8 Å². The maximum absolute atomic E-state index is 12.7. The Morgan fingerprint density at radius 3 is 2.25 bits per heavy atom. The van der Waals surface area contributed by atoms with Crippen molar-refractivity contribution in [2.24, 2.45) is 5.92 Å². The van der Waals surface area contributed by atoms with Gasteiger partial charge in [0.1, 0.15) is 5.75 Å². The molecule has 3 rings (SSSR count). The molecule has 2 aromatic carbocycles. The molecule has 148 valence electrons. The van der Waals surface area contributed by atoms with Crippen LogP contribution in [0.25, 0.3) is 0 Å². The molecule has 0 saturated carbocycles. The first-order valence-electron chi connectivity index (χ1n) is 9.21. The van der Waals surface area contributed by atoms with E-state index in [1.807, 2.05) is 0 Å². The number of carbonyl (C=O) groups excluding carboxylic acids is 2. The zero-order chi connectivity index (χ0) is 20.3. The van der Waals surface area contributed by atoms with Gasteiger partial charge in [-0.2, -0.15) is 4.31 Å². The van der Waals surface area contributed by atoms with Crippen LogP contribution in [0.4, 0.5) is 0 Å². The average Bonchev–Trinajstić information content (AvgIpc) is 2.68. The number of ether oxygens (including phenoxy) is 1. The topological polar surface area (TPSA) is 80.8 Å². The molecule has 0 N–H and O–H groups in total. The molecule has 0 amide bonds. The Balaban J connectivity index is 1.72. The number of rotatable bonds is 5. The van der Waals surface area contributed by atoms with Gasteiger partial charge >= 0.3 is 5.97 Å². The molecule has 0 radical (unpaired) electrons. The molecule has 28 heavy (non-hydrogen) atoms. The van der Waals surface area contributed by atoms with Crippen LogP contribution in [-0.2, 0) is 10.0 Å². The second-order valence-corrected chi connectivity index (χ2v) is 9.02. The number of ketones is 1. The minimum Gasteiger partial charge on any atom is -0.423 e. The van der Waals surface area contributed by atoms with Crippen molar-refractivity contribution in [3.05, 3.63) is 59.7 Å². The Labute approximate surface area is 165 Å². The van der Waals surface area contributed by atoms with Crippen molar-refractivity contribution in [3.8, 4) is 5.75 Å². The van der Waals surface area contributed by atoms with Crippen molar-refractivity contribution < 1.29 is 22.7 Å². The molecule has 0 aromatic heterocycles. The standard InChI is InChI=1S/C21H23NO5S/c1-15-10-12-22(13-11-15)28(25,26)20-8-6-17(7-9-20)21(24)27-19-5-3-4-18(14-19)16(2)23/h3-9,14-15H,10-13H2,1-2H3. The monoisotopic (exact) mass is 401 g/mol. The number of piperidine rings is 1. The van der Waals surface area contributed by atoms with E-state index in [-0.39, 0.29) is 22.0 Å². The van der Waals surface area contributed by atoms with Gasteiger partial charge in [0.05, 0.1) is 10.5 Å². The molecule has 1 aliphatic heterocycles. The Bertz CT molecular complexity index is 974. The van der Waals surface area contributed by atoms with Crippen LogP contribution < -0.4 is 4.74 Å². The Morgan fingerprint density at radius 2 is 1.64 bits per heavy atom. The van der Waals surface area contributed by atoms with Crippen molar-refractivity contribution in [2.75, 3.05) is 13.1 Å². The fourth-order valence-corrected chi connectivity index (χ4v) is 4.55. The first kappa shape index (κ1) is 20.2. The van der Waals surface area contributed by atoms with Crippen LogP contribution in [-0.4, -0.2) is 37.6 Å². The molecule has 0 spiro atoms. The predicted octanol–water partition coefficient (Wildman–Crippen LogP) is 3.53. The van der Waals surface area contributed by atoms with Crippen LogP contribution in [0.1, 0.15) is 47.4 Å². The molecule has 0 bridgehead atoms. The van der Waals surface area contributed by atoms with Gasteiger partial charge in [-0.25, -0.2) is 13.2 Å². The van der Waals surface area contributed by atoms with Gasteiger partial charge in [0.25, 0.3) is 0 Å². The van der Waals surface area contributed by atoms with Gasteiger partial charge in [0, 0.05) is 18.7 Å². The maximum atomic E-state index is 12.7. The summed E-state index contributed by atoms with van der Waals surface area (Å²) in [6.45, 7) is 4.58. The molecule has 0 unspecified atom stereocenters. The van der Waals surface area contributed by atoms with Crippen LogP contribution in [0.2, 0.25) is 0 Å². The molecule has 1 heterocycles. The molecule has 1 fully saturated rings. The average molecular weight is 401 g/mol. The van der Waals surface area contributed by atoms with Crippen LogP contribution in [0, 0.1) is 5.92 Å². The summed E-state index contributed by atoms with van der Waals surface area (Å²) in [5, 5.41) is 0. The number of Topliss-reactive ketones (excluding diaryl/α,β-unsaturated/α-hetero) is 1. The summed E-state index contributed by atoms with van der Waals surface area (Å²) in [7, 11) is -3.56. The third kappa shape index (κ3) is 4.48. The molecule has 1 aliphatic rings. The lowest BCUT2D eigenvalue weighted by Gasteiger charge is -2.29. The van der Waals surface area contributed by atoms with Crippen molar-refractivity contribution in [1.82, 2.24) is 4.31 Å². The predicted molar refractivity (Wildman–Crippen MR) is 105 cm³/mol. The highest BCUT2D eigenvalue weighted by Crippen LogP contribution is 2.24. The van der Waals surface area contributed by atoms with Gasteiger partial charge in [-0.1, -0.05) is 19.1 Å². The smallest absolute Gasteiger partial charge is 0.343 e. The van der Waals surface area contributed by atoms with Gasteiger partial charge in [0.2, 0.25) is 10.0 Å². The fraction of sp³-hybridized carbons (Fsp3) is 0.333. The zero-order valence-corrected chi connectivity index (χ0v) is 16.7. The number of esters is 1. The van der Waals surface area contributed by atoms with E-state index >= 15 is 0 Å². The fourth-order valence-electron chi connectivity index (χ4n) is 3.08. The molecular formula is C21H23NO5S. The van der Waals surface area contributed by atoms with E-state index in [1.165, 1.54) is 41.6 Å². The first-order chi connectivity index (χ1) is 13.3.